The predicted molar refractivity (Wildman–Crippen MR) is 93.1 cm³/mol. The third-order valence-corrected chi connectivity index (χ3v) is 4.64. The van der Waals surface area contributed by atoms with Crippen molar-refractivity contribution in [3.63, 3.8) is 0 Å². The van der Waals surface area contributed by atoms with Crippen LogP contribution in [0.2, 0.25) is 0 Å². The van der Waals surface area contributed by atoms with E-state index in [1.807, 2.05) is 12.3 Å². The van der Waals surface area contributed by atoms with E-state index in [0.29, 0.717) is 0 Å². The van der Waals surface area contributed by atoms with E-state index in [9.17, 15) is 0 Å². The van der Waals surface area contributed by atoms with Crippen LogP contribution in [0.5, 0.6) is 0 Å². The number of rotatable bonds is 4. The summed E-state index contributed by atoms with van der Waals surface area (Å²) in [6.07, 6.45) is 3.94. The van der Waals surface area contributed by atoms with E-state index in [4.69, 9.17) is 0 Å². The highest BCUT2D eigenvalue weighted by molar-refractivity contribution is 5.79. The number of H-pyrrole nitrogens is 1. The van der Waals surface area contributed by atoms with Crippen LogP contribution in [0.15, 0.2) is 54.9 Å². The first-order chi connectivity index (χ1) is 11.4. The quantitative estimate of drug-likeness (QED) is 0.805. The van der Waals surface area contributed by atoms with Crippen molar-refractivity contribution < 1.29 is 0 Å². The van der Waals surface area contributed by atoms with E-state index < -0.39 is 0 Å². The molecule has 1 aliphatic heterocycles. The molecule has 4 nitrogen and oxygen atoms in total. The third kappa shape index (κ3) is 3.28. The summed E-state index contributed by atoms with van der Waals surface area (Å²) in [5, 5.41) is 1.25. The molecule has 3 heterocycles. The molecule has 0 unspecified atom stereocenters. The zero-order valence-corrected chi connectivity index (χ0v) is 13.3. The molecule has 1 aliphatic rings. The lowest BCUT2D eigenvalue weighted by Gasteiger charge is -2.34. The molecule has 118 valence electrons. The Labute approximate surface area is 136 Å². The van der Waals surface area contributed by atoms with Crippen molar-refractivity contribution in [3.05, 3.63) is 66.0 Å². The Morgan fingerprint density at radius 1 is 0.870 bits per heavy atom. The van der Waals surface area contributed by atoms with Crippen molar-refractivity contribution in [1.29, 1.82) is 0 Å². The molecule has 2 aromatic heterocycles. The van der Waals surface area contributed by atoms with Crippen LogP contribution in [0.25, 0.3) is 11.0 Å². The lowest BCUT2D eigenvalue weighted by Crippen LogP contribution is -2.45. The summed E-state index contributed by atoms with van der Waals surface area (Å²) in [7, 11) is 0. The number of nitrogens with zero attached hydrogens (tertiary/aromatic N) is 3. The van der Waals surface area contributed by atoms with Crippen LogP contribution in [0.1, 0.15) is 11.1 Å². The maximum Gasteiger partial charge on any atom is 0.137 e. The average Bonchev–Trinajstić information content (AvgIpc) is 3.01. The third-order valence-electron chi connectivity index (χ3n) is 4.64. The topological polar surface area (TPSA) is 35.2 Å². The number of pyridine rings is 1. The standard InChI is InChI=1S/C19H22N4/c1-2-5-16(6-3-1)14-22-9-11-23(12-10-22)15-17-13-21-19-18(17)7-4-8-20-19/h1-8,13H,9-12,14-15H2,(H,20,21). The van der Waals surface area contributed by atoms with Crippen LogP contribution in [-0.4, -0.2) is 45.9 Å². The normalized spacial score (nSPS) is 16.9. The van der Waals surface area contributed by atoms with Gasteiger partial charge in [-0.1, -0.05) is 30.3 Å². The van der Waals surface area contributed by atoms with Gasteiger partial charge in [-0.15, -0.1) is 0 Å². The molecule has 4 heteroatoms. The van der Waals surface area contributed by atoms with Gasteiger partial charge < -0.3 is 4.98 Å². The maximum absolute atomic E-state index is 4.37. The second-order valence-electron chi connectivity index (χ2n) is 6.25. The van der Waals surface area contributed by atoms with E-state index in [-0.39, 0.29) is 0 Å². The molecule has 0 atom stereocenters. The van der Waals surface area contributed by atoms with Gasteiger partial charge in [0.25, 0.3) is 0 Å². The van der Waals surface area contributed by atoms with Crippen LogP contribution >= 0.6 is 0 Å². The molecule has 23 heavy (non-hydrogen) atoms. The predicted octanol–water partition coefficient (Wildman–Crippen LogP) is 2.88. The van der Waals surface area contributed by atoms with Gasteiger partial charge in [0, 0.05) is 57.0 Å². The second kappa shape index (κ2) is 6.52. The Morgan fingerprint density at radius 2 is 1.61 bits per heavy atom. The van der Waals surface area contributed by atoms with E-state index >= 15 is 0 Å². The Bertz CT molecular complexity index is 757. The molecule has 0 radical (unpaired) electrons. The van der Waals surface area contributed by atoms with Crippen LogP contribution in [0, 0.1) is 0 Å². The molecule has 0 spiro atoms. The van der Waals surface area contributed by atoms with Gasteiger partial charge in [-0.05, 0) is 23.3 Å². The molecular formula is C19H22N4. The van der Waals surface area contributed by atoms with Crippen molar-refractivity contribution in [2.24, 2.45) is 0 Å². The zero-order valence-electron chi connectivity index (χ0n) is 13.3. The summed E-state index contributed by atoms with van der Waals surface area (Å²) in [5.41, 5.74) is 3.75. The van der Waals surface area contributed by atoms with Crippen molar-refractivity contribution in [2.75, 3.05) is 26.2 Å². The molecule has 0 amide bonds. The highest BCUT2D eigenvalue weighted by atomic mass is 15.3. The summed E-state index contributed by atoms with van der Waals surface area (Å²) in [4.78, 5) is 12.7. The van der Waals surface area contributed by atoms with E-state index in [1.54, 1.807) is 0 Å². The van der Waals surface area contributed by atoms with Gasteiger partial charge in [-0.25, -0.2) is 4.98 Å². The van der Waals surface area contributed by atoms with Gasteiger partial charge in [-0.2, -0.15) is 0 Å². The molecule has 0 aliphatic carbocycles. The number of piperazine rings is 1. The second-order valence-corrected chi connectivity index (χ2v) is 6.25. The van der Waals surface area contributed by atoms with Crippen LogP contribution in [0.3, 0.4) is 0 Å². The molecule has 0 saturated carbocycles. The number of nitrogens with one attached hydrogen (secondary N) is 1. The Hall–Kier alpha value is -2.17. The molecule has 4 rings (SSSR count). The van der Waals surface area contributed by atoms with Gasteiger partial charge in [0.2, 0.25) is 0 Å². The largest absolute Gasteiger partial charge is 0.346 e. The maximum atomic E-state index is 4.37. The first-order valence-corrected chi connectivity index (χ1v) is 8.28. The van der Waals surface area contributed by atoms with Crippen LogP contribution in [0.4, 0.5) is 0 Å². The highest BCUT2D eigenvalue weighted by Gasteiger charge is 2.18. The summed E-state index contributed by atoms with van der Waals surface area (Å²) in [6, 6.07) is 14.9. The van der Waals surface area contributed by atoms with Crippen molar-refractivity contribution in [3.8, 4) is 0 Å². The Balaban J connectivity index is 1.35. The summed E-state index contributed by atoms with van der Waals surface area (Å²) in [5.74, 6) is 0. The minimum atomic E-state index is 0.991. The first-order valence-electron chi connectivity index (χ1n) is 8.28. The van der Waals surface area contributed by atoms with Gasteiger partial charge in [0.05, 0.1) is 0 Å². The monoisotopic (exact) mass is 306 g/mol. The summed E-state index contributed by atoms with van der Waals surface area (Å²) < 4.78 is 0. The molecule has 1 saturated heterocycles. The number of aromatic nitrogens is 2. The number of hydrogen-bond donors (Lipinski definition) is 1. The SMILES string of the molecule is c1ccc(CN2CCN(Cc3c[nH]c4ncccc34)CC2)cc1. The van der Waals surface area contributed by atoms with Crippen molar-refractivity contribution >= 4 is 11.0 Å². The summed E-state index contributed by atoms with van der Waals surface area (Å²) in [6.45, 7) is 6.58. The summed E-state index contributed by atoms with van der Waals surface area (Å²) >= 11 is 0. The van der Waals surface area contributed by atoms with Gasteiger partial charge in [0.1, 0.15) is 5.65 Å². The number of hydrogen-bond acceptors (Lipinski definition) is 3. The number of benzene rings is 1. The number of fused-ring (bicyclic) bond motifs is 1. The number of aromatic amines is 1. The van der Waals surface area contributed by atoms with Gasteiger partial charge in [0.15, 0.2) is 0 Å². The highest BCUT2D eigenvalue weighted by Crippen LogP contribution is 2.18. The molecule has 0 bridgehead atoms. The molecule has 1 N–H and O–H groups in total. The molecule has 3 aromatic rings. The first kappa shape index (κ1) is 14.4. The minimum absolute atomic E-state index is 0.991. The van der Waals surface area contributed by atoms with Crippen LogP contribution in [-0.2, 0) is 13.1 Å². The fourth-order valence-electron chi connectivity index (χ4n) is 3.33. The van der Waals surface area contributed by atoms with Crippen molar-refractivity contribution in [2.45, 2.75) is 13.1 Å². The Kier molecular flexibility index (Phi) is 4.09. The van der Waals surface area contributed by atoms with E-state index in [1.165, 1.54) is 16.5 Å². The van der Waals surface area contributed by atoms with Gasteiger partial charge >= 0.3 is 0 Å². The van der Waals surface area contributed by atoms with Gasteiger partial charge in [-0.3, -0.25) is 9.80 Å². The fraction of sp³-hybridized carbons (Fsp3) is 0.316. The lowest BCUT2D eigenvalue weighted by atomic mass is 10.1. The lowest BCUT2D eigenvalue weighted by molar-refractivity contribution is 0.122. The molecule has 1 aromatic carbocycles. The smallest absolute Gasteiger partial charge is 0.137 e. The average molecular weight is 306 g/mol. The Morgan fingerprint density at radius 3 is 2.39 bits per heavy atom. The van der Waals surface area contributed by atoms with E-state index in [2.05, 4.69) is 62.4 Å². The zero-order chi connectivity index (χ0) is 15.5. The fourth-order valence-corrected chi connectivity index (χ4v) is 3.33. The van der Waals surface area contributed by atoms with Crippen molar-refractivity contribution in [1.82, 2.24) is 19.8 Å². The minimum Gasteiger partial charge on any atom is -0.346 e. The molecular weight excluding hydrogens is 284 g/mol. The van der Waals surface area contributed by atoms with E-state index in [0.717, 1.165) is 44.9 Å². The van der Waals surface area contributed by atoms with Crippen LogP contribution < -0.4 is 0 Å². The molecule has 1 fully saturated rings.